The third-order valence-corrected chi connectivity index (χ3v) is 4.83. The van der Waals surface area contributed by atoms with Gasteiger partial charge in [0, 0.05) is 6.20 Å². The number of urea groups is 1. The van der Waals surface area contributed by atoms with Crippen LogP contribution in [0.25, 0.3) is 5.65 Å². The number of amides is 2. The summed E-state index contributed by atoms with van der Waals surface area (Å²) in [6.45, 7) is 4.59. The number of pyridine rings is 1. The maximum atomic E-state index is 12.4. The molecule has 6 heteroatoms. The van der Waals surface area contributed by atoms with Crippen molar-refractivity contribution in [1.29, 1.82) is 0 Å². The number of fused-ring (bicyclic) bond motifs is 2. The summed E-state index contributed by atoms with van der Waals surface area (Å²) in [4.78, 5) is 12.4. The standard InChI is InChI=1S/C19H21N5O/c1-12-6-7-14-10-13(2)18(15(14)9-12)21-19(25)20-11-17-23-22-16-5-3-4-8-24(16)17/h3-9,13,18H,10-11H2,1-2H3,(H2,20,21,25)/t13-,18-/m1/s1. The first kappa shape index (κ1) is 15.6. The van der Waals surface area contributed by atoms with E-state index in [0.29, 0.717) is 18.3 Å². The lowest BCUT2D eigenvalue weighted by Crippen LogP contribution is -2.39. The van der Waals surface area contributed by atoms with Gasteiger partial charge in [-0.05, 0) is 42.5 Å². The van der Waals surface area contributed by atoms with E-state index in [1.165, 1.54) is 16.7 Å². The van der Waals surface area contributed by atoms with Crippen molar-refractivity contribution >= 4 is 11.7 Å². The van der Waals surface area contributed by atoms with Crippen LogP contribution < -0.4 is 10.6 Å². The number of carbonyl (C=O) groups is 1. The Balaban J connectivity index is 1.44. The molecule has 25 heavy (non-hydrogen) atoms. The molecular weight excluding hydrogens is 314 g/mol. The highest BCUT2D eigenvalue weighted by atomic mass is 16.2. The summed E-state index contributed by atoms with van der Waals surface area (Å²) >= 11 is 0. The number of nitrogens with one attached hydrogen (secondary N) is 2. The Hall–Kier alpha value is -2.89. The maximum Gasteiger partial charge on any atom is 0.315 e. The van der Waals surface area contributed by atoms with Gasteiger partial charge in [-0.2, -0.15) is 0 Å². The van der Waals surface area contributed by atoms with Gasteiger partial charge in [0.15, 0.2) is 11.5 Å². The molecule has 1 aliphatic carbocycles. The molecule has 0 unspecified atom stereocenters. The third kappa shape index (κ3) is 2.95. The molecule has 3 aromatic rings. The van der Waals surface area contributed by atoms with Gasteiger partial charge in [0.2, 0.25) is 0 Å². The SMILES string of the molecule is Cc1ccc2c(c1)[C@H](NC(=O)NCc1nnc3ccccn13)[C@H](C)C2. The van der Waals surface area contributed by atoms with Gasteiger partial charge in [-0.25, -0.2) is 4.79 Å². The minimum Gasteiger partial charge on any atom is -0.331 e. The van der Waals surface area contributed by atoms with Crippen molar-refractivity contribution in [2.75, 3.05) is 0 Å². The lowest BCUT2D eigenvalue weighted by Gasteiger charge is -2.19. The zero-order valence-electron chi connectivity index (χ0n) is 14.4. The van der Waals surface area contributed by atoms with Crippen LogP contribution in [0.1, 0.15) is 35.5 Å². The average molecular weight is 335 g/mol. The van der Waals surface area contributed by atoms with Crippen molar-refractivity contribution in [2.24, 2.45) is 5.92 Å². The molecule has 0 aliphatic heterocycles. The Morgan fingerprint density at radius 2 is 2.16 bits per heavy atom. The second-order valence-corrected chi connectivity index (χ2v) is 6.73. The minimum atomic E-state index is -0.182. The van der Waals surface area contributed by atoms with Gasteiger partial charge in [0.05, 0.1) is 12.6 Å². The van der Waals surface area contributed by atoms with Crippen LogP contribution in [0.15, 0.2) is 42.6 Å². The van der Waals surface area contributed by atoms with Crippen LogP contribution in [0.2, 0.25) is 0 Å². The summed E-state index contributed by atoms with van der Waals surface area (Å²) in [5.41, 5.74) is 4.55. The number of hydrogen-bond donors (Lipinski definition) is 2. The molecule has 2 amide bonds. The lowest BCUT2D eigenvalue weighted by atomic mass is 10.0. The first-order valence-electron chi connectivity index (χ1n) is 8.54. The van der Waals surface area contributed by atoms with Crippen molar-refractivity contribution in [3.05, 3.63) is 65.1 Å². The summed E-state index contributed by atoms with van der Waals surface area (Å²) in [6.07, 6.45) is 2.89. The predicted molar refractivity (Wildman–Crippen MR) is 95.1 cm³/mol. The molecule has 0 spiro atoms. The fourth-order valence-corrected chi connectivity index (χ4v) is 3.54. The van der Waals surface area contributed by atoms with E-state index < -0.39 is 0 Å². The Kier molecular flexibility index (Phi) is 3.87. The zero-order valence-corrected chi connectivity index (χ0v) is 14.4. The number of aryl methyl sites for hydroxylation is 1. The van der Waals surface area contributed by atoms with Crippen molar-refractivity contribution in [3.8, 4) is 0 Å². The first-order chi connectivity index (χ1) is 12.1. The highest BCUT2D eigenvalue weighted by molar-refractivity contribution is 5.74. The van der Waals surface area contributed by atoms with E-state index in [4.69, 9.17) is 0 Å². The van der Waals surface area contributed by atoms with Crippen LogP contribution in [0.4, 0.5) is 4.79 Å². The number of benzene rings is 1. The number of aromatic nitrogens is 3. The lowest BCUT2D eigenvalue weighted by molar-refractivity contribution is 0.233. The van der Waals surface area contributed by atoms with Crippen molar-refractivity contribution < 1.29 is 4.79 Å². The number of nitrogens with zero attached hydrogens (tertiary/aromatic N) is 3. The molecule has 6 nitrogen and oxygen atoms in total. The molecule has 1 aromatic carbocycles. The molecule has 1 aliphatic rings. The summed E-state index contributed by atoms with van der Waals surface area (Å²) < 4.78 is 1.87. The third-order valence-electron chi connectivity index (χ3n) is 4.83. The highest BCUT2D eigenvalue weighted by Crippen LogP contribution is 2.36. The van der Waals surface area contributed by atoms with E-state index in [-0.39, 0.29) is 12.1 Å². The van der Waals surface area contributed by atoms with Crippen LogP contribution >= 0.6 is 0 Å². The molecule has 0 fully saturated rings. The van der Waals surface area contributed by atoms with E-state index in [2.05, 4.69) is 52.9 Å². The quantitative estimate of drug-likeness (QED) is 0.773. The summed E-state index contributed by atoms with van der Waals surface area (Å²) in [5, 5.41) is 14.2. The van der Waals surface area contributed by atoms with Crippen LogP contribution in [-0.4, -0.2) is 20.6 Å². The van der Waals surface area contributed by atoms with Crippen LogP contribution in [0.3, 0.4) is 0 Å². The normalized spacial score (nSPS) is 19.0. The van der Waals surface area contributed by atoms with Crippen molar-refractivity contribution in [3.63, 3.8) is 0 Å². The molecule has 2 N–H and O–H groups in total. The zero-order chi connectivity index (χ0) is 17.4. The molecule has 128 valence electrons. The fourth-order valence-electron chi connectivity index (χ4n) is 3.54. The van der Waals surface area contributed by atoms with E-state index in [1.807, 2.05) is 28.8 Å². The van der Waals surface area contributed by atoms with Crippen LogP contribution in [0, 0.1) is 12.8 Å². The van der Waals surface area contributed by atoms with Crippen molar-refractivity contribution in [2.45, 2.75) is 32.9 Å². The predicted octanol–water partition coefficient (Wildman–Crippen LogP) is 2.77. The molecule has 0 radical (unpaired) electrons. The largest absolute Gasteiger partial charge is 0.331 e. The molecule has 2 atom stereocenters. The molecule has 0 bridgehead atoms. The van der Waals surface area contributed by atoms with Crippen LogP contribution in [-0.2, 0) is 13.0 Å². The topological polar surface area (TPSA) is 71.3 Å². The van der Waals surface area contributed by atoms with Gasteiger partial charge in [0.1, 0.15) is 0 Å². The van der Waals surface area contributed by atoms with Gasteiger partial charge in [-0.3, -0.25) is 4.40 Å². The molecule has 2 aromatic heterocycles. The van der Waals surface area contributed by atoms with Crippen molar-refractivity contribution in [1.82, 2.24) is 25.2 Å². The maximum absolute atomic E-state index is 12.4. The Morgan fingerprint density at radius 1 is 1.28 bits per heavy atom. The van der Waals surface area contributed by atoms with E-state index in [9.17, 15) is 4.79 Å². The first-order valence-corrected chi connectivity index (χ1v) is 8.54. The molecule has 2 heterocycles. The number of hydrogen-bond acceptors (Lipinski definition) is 3. The second-order valence-electron chi connectivity index (χ2n) is 6.73. The monoisotopic (exact) mass is 335 g/mol. The molecular formula is C19H21N5O. The summed E-state index contributed by atoms with van der Waals surface area (Å²) in [6, 6.07) is 12.1. The second kappa shape index (κ2) is 6.20. The van der Waals surface area contributed by atoms with Gasteiger partial charge < -0.3 is 10.6 Å². The minimum absolute atomic E-state index is 0.0463. The Labute approximate surface area is 146 Å². The molecule has 0 saturated heterocycles. The number of carbonyl (C=O) groups excluding carboxylic acids is 1. The van der Waals surface area contributed by atoms with Crippen LogP contribution in [0.5, 0.6) is 0 Å². The van der Waals surface area contributed by atoms with E-state index in [0.717, 1.165) is 12.1 Å². The van der Waals surface area contributed by atoms with Gasteiger partial charge in [-0.1, -0.05) is 36.8 Å². The Morgan fingerprint density at radius 3 is 3.04 bits per heavy atom. The highest BCUT2D eigenvalue weighted by Gasteiger charge is 2.30. The summed E-state index contributed by atoms with van der Waals surface area (Å²) in [5.74, 6) is 1.10. The fraction of sp³-hybridized carbons (Fsp3) is 0.316. The molecule has 4 rings (SSSR count). The average Bonchev–Trinajstić information content (AvgIpc) is 3.15. The van der Waals surface area contributed by atoms with Gasteiger partial charge in [0.25, 0.3) is 0 Å². The smallest absolute Gasteiger partial charge is 0.315 e. The summed E-state index contributed by atoms with van der Waals surface area (Å²) in [7, 11) is 0. The van der Waals surface area contributed by atoms with E-state index in [1.54, 1.807) is 0 Å². The Bertz CT molecular complexity index is 932. The van der Waals surface area contributed by atoms with E-state index >= 15 is 0 Å². The molecule has 0 saturated carbocycles. The van der Waals surface area contributed by atoms with Gasteiger partial charge >= 0.3 is 6.03 Å². The van der Waals surface area contributed by atoms with Gasteiger partial charge in [-0.15, -0.1) is 10.2 Å². The number of rotatable bonds is 3.